The number of anilines is 3. The third kappa shape index (κ3) is 5.40. The van der Waals surface area contributed by atoms with E-state index in [-0.39, 0.29) is 0 Å². The van der Waals surface area contributed by atoms with Gasteiger partial charge in [0, 0.05) is 48.0 Å². The minimum atomic E-state index is 0.903. The van der Waals surface area contributed by atoms with Gasteiger partial charge in [-0.1, -0.05) is 133 Å². The summed E-state index contributed by atoms with van der Waals surface area (Å²) in [5, 5.41) is 7.40. The van der Waals surface area contributed by atoms with Gasteiger partial charge in [0.05, 0.1) is 0 Å². The van der Waals surface area contributed by atoms with Crippen molar-refractivity contribution < 1.29 is 4.42 Å². The second-order valence-electron chi connectivity index (χ2n) is 14.1. The molecule has 0 fully saturated rings. The normalized spacial score (nSPS) is 11.6. The van der Waals surface area contributed by atoms with Gasteiger partial charge in [-0.15, -0.1) is 11.3 Å². The van der Waals surface area contributed by atoms with Crippen LogP contribution in [0.4, 0.5) is 17.1 Å². The van der Waals surface area contributed by atoms with E-state index in [1.54, 1.807) is 0 Å². The first-order valence-electron chi connectivity index (χ1n) is 18.7. The van der Waals surface area contributed by atoms with E-state index in [4.69, 9.17) is 4.42 Å². The van der Waals surface area contributed by atoms with Crippen LogP contribution in [0.25, 0.3) is 86.3 Å². The largest absolute Gasteiger partial charge is 0.456 e. The first kappa shape index (κ1) is 31.6. The third-order valence-electron chi connectivity index (χ3n) is 10.9. The fraction of sp³-hybridized carbons (Fsp3) is 0. The molecule has 0 atom stereocenters. The Kier molecular flexibility index (Phi) is 7.39. The fourth-order valence-electron chi connectivity index (χ4n) is 8.25. The van der Waals surface area contributed by atoms with Crippen molar-refractivity contribution in [1.29, 1.82) is 0 Å². The van der Waals surface area contributed by atoms with Crippen molar-refractivity contribution >= 4 is 81.3 Å². The van der Waals surface area contributed by atoms with Gasteiger partial charge < -0.3 is 9.32 Å². The summed E-state index contributed by atoms with van der Waals surface area (Å²) in [5.74, 6) is 0. The smallest absolute Gasteiger partial charge is 0.135 e. The van der Waals surface area contributed by atoms with Crippen LogP contribution in [0, 0.1) is 0 Å². The lowest BCUT2D eigenvalue weighted by molar-refractivity contribution is 0.669. The summed E-state index contributed by atoms with van der Waals surface area (Å²) in [6, 6.07) is 72.3. The van der Waals surface area contributed by atoms with Crippen LogP contribution in [0.2, 0.25) is 0 Å². The van der Waals surface area contributed by atoms with Gasteiger partial charge in [-0.05, 0) is 111 Å². The molecule has 9 aromatic carbocycles. The molecule has 0 unspecified atom stereocenters. The molecule has 0 amide bonds. The summed E-state index contributed by atoms with van der Waals surface area (Å²) in [6.45, 7) is 0. The molecule has 0 spiro atoms. The molecule has 0 saturated heterocycles. The van der Waals surface area contributed by atoms with E-state index in [1.807, 2.05) is 23.5 Å². The lowest BCUT2D eigenvalue weighted by Gasteiger charge is -2.26. The maximum atomic E-state index is 6.16. The number of rotatable bonds is 6. The van der Waals surface area contributed by atoms with Crippen molar-refractivity contribution in [1.82, 2.24) is 0 Å². The fourth-order valence-corrected chi connectivity index (χ4v) is 9.38. The number of para-hydroxylation sites is 1. The molecule has 11 aromatic rings. The molecule has 11 rings (SSSR count). The number of hydrogen-bond acceptors (Lipinski definition) is 3. The summed E-state index contributed by atoms with van der Waals surface area (Å²) in [7, 11) is 0. The summed E-state index contributed by atoms with van der Waals surface area (Å²) < 4.78 is 8.79. The van der Waals surface area contributed by atoms with E-state index < -0.39 is 0 Å². The summed E-state index contributed by atoms with van der Waals surface area (Å²) in [5.41, 5.74) is 12.3. The van der Waals surface area contributed by atoms with E-state index in [0.29, 0.717) is 0 Å². The van der Waals surface area contributed by atoms with Crippen LogP contribution < -0.4 is 4.90 Å². The quantitative estimate of drug-likeness (QED) is 0.170. The van der Waals surface area contributed by atoms with Gasteiger partial charge in [-0.3, -0.25) is 0 Å². The van der Waals surface area contributed by atoms with Crippen molar-refractivity contribution in [3.05, 3.63) is 200 Å². The zero-order valence-electron chi connectivity index (χ0n) is 29.8. The minimum Gasteiger partial charge on any atom is -0.456 e. The molecule has 0 aliphatic heterocycles. The van der Waals surface area contributed by atoms with Crippen molar-refractivity contribution in [2.75, 3.05) is 4.90 Å². The predicted octanol–water partition coefficient (Wildman–Crippen LogP) is 15.6. The van der Waals surface area contributed by atoms with Gasteiger partial charge in [-0.25, -0.2) is 0 Å². The Bertz CT molecular complexity index is 3200. The number of benzene rings is 9. The van der Waals surface area contributed by atoms with Crippen LogP contribution in [-0.2, 0) is 0 Å². The average molecular weight is 720 g/mol. The topological polar surface area (TPSA) is 16.4 Å². The Morgan fingerprint density at radius 1 is 0.345 bits per heavy atom. The van der Waals surface area contributed by atoms with E-state index in [9.17, 15) is 0 Å². The molecule has 2 heterocycles. The third-order valence-corrected chi connectivity index (χ3v) is 12.0. The summed E-state index contributed by atoms with van der Waals surface area (Å²) in [4.78, 5) is 2.37. The van der Waals surface area contributed by atoms with Crippen molar-refractivity contribution in [2.45, 2.75) is 0 Å². The van der Waals surface area contributed by atoms with Crippen LogP contribution >= 0.6 is 11.3 Å². The molecule has 0 bridgehead atoms. The highest BCUT2D eigenvalue weighted by Gasteiger charge is 2.17. The molecular formula is C52H33NOS. The van der Waals surface area contributed by atoms with Gasteiger partial charge in [0.25, 0.3) is 0 Å². The number of fused-ring (bicyclic) bond motifs is 7. The maximum absolute atomic E-state index is 6.16. The SMILES string of the molecule is c1cc(-c2ccc3oc4ccccc4c3c2)cc(N(c2ccc(-c3cccc4ccccc34)cc2)c2ccc(-c3cccc4sc5ccccc5c34)cc2)c1. The molecule has 0 N–H and O–H groups in total. The Labute approximate surface area is 322 Å². The Morgan fingerprint density at radius 3 is 1.76 bits per heavy atom. The van der Waals surface area contributed by atoms with Gasteiger partial charge in [0.15, 0.2) is 0 Å². The first-order chi connectivity index (χ1) is 27.2. The van der Waals surface area contributed by atoms with Crippen LogP contribution in [0.15, 0.2) is 205 Å². The molecule has 2 aromatic heterocycles. The van der Waals surface area contributed by atoms with Crippen molar-refractivity contribution in [2.24, 2.45) is 0 Å². The van der Waals surface area contributed by atoms with Gasteiger partial charge in [0.2, 0.25) is 0 Å². The number of furan rings is 1. The zero-order chi connectivity index (χ0) is 36.3. The first-order valence-corrected chi connectivity index (χ1v) is 19.5. The van der Waals surface area contributed by atoms with Gasteiger partial charge >= 0.3 is 0 Å². The number of thiophene rings is 1. The lowest BCUT2D eigenvalue weighted by atomic mass is 9.97. The highest BCUT2D eigenvalue weighted by molar-refractivity contribution is 7.25. The Hall–Kier alpha value is -6.94. The summed E-state index contributed by atoms with van der Waals surface area (Å²) in [6.07, 6.45) is 0. The molecule has 3 heteroatoms. The van der Waals surface area contributed by atoms with Crippen LogP contribution in [-0.4, -0.2) is 0 Å². The van der Waals surface area contributed by atoms with Crippen molar-refractivity contribution in [3.63, 3.8) is 0 Å². The molecular weight excluding hydrogens is 687 g/mol. The standard InChI is InChI=1S/C52H33NOS/c1-2-14-42-34(10-1)11-8-17-43(42)35-22-27-39(28-23-35)53(40-29-24-36(25-30-40)44-18-9-21-51-52(44)46-16-4-6-20-50(46)55-51)41-13-7-12-37(32-41)38-26-31-49-47(33-38)45-15-3-5-19-48(45)54-49/h1-33H. The minimum absolute atomic E-state index is 0.903. The Balaban J connectivity index is 1.03. The van der Waals surface area contributed by atoms with Crippen LogP contribution in [0.3, 0.4) is 0 Å². The molecule has 0 radical (unpaired) electrons. The van der Waals surface area contributed by atoms with Gasteiger partial charge in [-0.2, -0.15) is 0 Å². The summed E-state index contributed by atoms with van der Waals surface area (Å²) >= 11 is 1.86. The van der Waals surface area contributed by atoms with Gasteiger partial charge in [0.1, 0.15) is 11.2 Å². The second-order valence-corrected chi connectivity index (χ2v) is 15.2. The van der Waals surface area contributed by atoms with Crippen LogP contribution in [0.1, 0.15) is 0 Å². The lowest BCUT2D eigenvalue weighted by Crippen LogP contribution is -2.10. The van der Waals surface area contributed by atoms with E-state index in [1.165, 1.54) is 53.2 Å². The zero-order valence-corrected chi connectivity index (χ0v) is 30.6. The monoisotopic (exact) mass is 719 g/mol. The predicted molar refractivity (Wildman–Crippen MR) is 235 cm³/mol. The molecule has 2 nitrogen and oxygen atoms in total. The van der Waals surface area contributed by atoms with Crippen LogP contribution in [0.5, 0.6) is 0 Å². The van der Waals surface area contributed by atoms with E-state index in [0.717, 1.165) is 50.1 Å². The highest BCUT2D eigenvalue weighted by Crippen LogP contribution is 2.43. The second kappa shape index (κ2) is 12.9. The average Bonchev–Trinajstić information content (AvgIpc) is 3.83. The number of hydrogen-bond donors (Lipinski definition) is 0. The maximum Gasteiger partial charge on any atom is 0.135 e. The highest BCUT2D eigenvalue weighted by atomic mass is 32.1. The molecule has 55 heavy (non-hydrogen) atoms. The van der Waals surface area contributed by atoms with E-state index >= 15 is 0 Å². The molecule has 0 aliphatic carbocycles. The van der Waals surface area contributed by atoms with Crippen molar-refractivity contribution in [3.8, 4) is 33.4 Å². The number of nitrogens with zero attached hydrogens (tertiary/aromatic N) is 1. The van der Waals surface area contributed by atoms with E-state index in [2.05, 4.69) is 193 Å². The molecule has 0 saturated carbocycles. The Morgan fingerprint density at radius 2 is 0.927 bits per heavy atom. The molecule has 0 aliphatic rings. The molecule has 258 valence electrons.